The van der Waals surface area contributed by atoms with Crippen LogP contribution in [0.15, 0.2) is 66.9 Å². The summed E-state index contributed by atoms with van der Waals surface area (Å²) < 4.78 is 11.8. The predicted molar refractivity (Wildman–Crippen MR) is 125 cm³/mol. The molecule has 3 heterocycles. The molecule has 1 aliphatic rings. The molecule has 0 bridgehead atoms. The van der Waals surface area contributed by atoms with E-state index in [1.165, 1.54) is 10.9 Å². The summed E-state index contributed by atoms with van der Waals surface area (Å²) in [5, 5.41) is 9.55. The second kappa shape index (κ2) is 9.69. The Labute approximate surface area is 192 Å². The second-order valence-corrected chi connectivity index (χ2v) is 8.39. The SMILES string of the molecule is Clc1ccc(OCCc2cc([C@H]3CN(Cc4ccnc5ccccc45)CCO3)n[nH]2)cc1. The fraction of sp³-hybridized carbons (Fsp3) is 0.280. The van der Waals surface area contributed by atoms with Gasteiger partial charge in [0.2, 0.25) is 0 Å². The van der Waals surface area contributed by atoms with Crippen molar-refractivity contribution in [3.63, 3.8) is 0 Å². The molecule has 1 atom stereocenters. The van der Waals surface area contributed by atoms with E-state index in [1.807, 2.05) is 36.5 Å². The third kappa shape index (κ3) is 4.93. The maximum absolute atomic E-state index is 6.04. The van der Waals surface area contributed by atoms with Crippen LogP contribution in [0.1, 0.15) is 23.1 Å². The third-order valence-corrected chi connectivity index (χ3v) is 5.97. The number of pyridine rings is 1. The second-order valence-electron chi connectivity index (χ2n) is 7.95. The van der Waals surface area contributed by atoms with Crippen LogP contribution >= 0.6 is 11.6 Å². The molecule has 0 aliphatic carbocycles. The molecule has 1 fully saturated rings. The molecule has 0 unspecified atom stereocenters. The Balaban J connectivity index is 1.18. The molecule has 0 radical (unpaired) electrons. The average Bonchev–Trinajstić information content (AvgIpc) is 3.30. The van der Waals surface area contributed by atoms with E-state index in [2.05, 4.69) is 50.4 Å². The number of nitrogens with one attached hydrogen (secondary N) is 1. The number of aromatic nitrogens is 3. The molecule has 4 aromatic rings. The first-order valence-corrected chi connectivity index (χ1v) is 11.2. The van der Waals surface area contributed by atoms with Crippen molar-refractivity contribution >= 4 is 22.5 Å². The van der Waals surface area contributed by atoms with Crippen molar-refractivity contribution in [1.82, 2.24) is 20.1 Å². The van der Waals surface area contributed by atoms with E-state index >= 15 is 0 Å². The number of aromatic amines is 1. The smallest absolute Gasteiger partial charge is 0.119 e. The monoisotopic (exact) mass is 448 g/mol. The van der Waals surface area contributed by atoms with Crippen molar-refractivity contribution in [1.29, 1.82) is 0 Å². The summed E-state index contributed by atoms with van der Waals surface area (Å²) in [6.07, 6.45) is 2.59. The molecule has 164 valence electrons. The summed E-state index contributed by atoms with van der Waals surface area (Å²) in [4.78, 5) is 6.90. The van der Waals surface area contributed by atoms with Gasteiger partial charge in [0.25, 0.3) is 0 Å². The standard InChI is InChI=1S/C25H25ClN4O2/c26-19-5-7-21(8-6-19)31-13-10-20-15-24(29-28-20)25-17-30(12-14-32-25)16-18-9-11-27-23-4-2-1-3-22(18)23/h1-9,11,15,25H,10,12-14,16-17H2,(H,28,29)/t25-/m1/s1. The lowest BCUT2D eigenvalue weighted by atomic mass is 10.1. The minimum atomic E-state index is -0.0426. The van der Waals surface area contributed by atoms with Gasteiger partial charge in [-0.1, -0.05) is 29.8 Å². The van der Waals surface area contributed by atoms with Crippen molar-refractivity contribution in [2.45, 2.75) is 19.1 Å². The van der Waals surface area contributed by atoms with Gasteiger partial charge in [0, 0.05) is 48.4 Å². The first-order valence-electron chi connectivity index (χ1n) is 10.8. The Morgan fingerprint density at radius 1 is 1.12 bits per heavy atom. The predicted octanol–water partition coefficient (Wildman–Crippen LogP) is 4.81. The summed E-state index contributed by atoms with van der Waals surface area (Å²) in [6.45, 7) is 3.84. The summed E-state index contributed by atoms with van der Waals surface area (Å²) in [6, 6.07) is 19.9. The van der Waals surface area contributed by atoms with Crippen molar-refractivity contribution in [3.05, 3.63) is 88.8 Å². The number of rotatable bonds is 7. The number of H-pyrrole nitrogens is 1. The van der Waals surface area contributed by atoms with Gasteiger partial charge < -0.3 is 9.47 Å². The Hall–Kier alpha value is -2.93. The van der Waals surface area contributed by atoms with Crippen LogP contribution in [-0.2, 0) is 17.7 Å². The van der Waals surface area contributed by atoms with Crippen molar-refractivity contribution < 1.29 is 9.47 Å². The Morgan fingerprint density at radius 2 is 2.00 bits per heavy atom. The van der Waals surface area contributed by atoms with Crippen molar-refractivity contribution in [2.24, 2.45) is 0 Å². The van der Waals surface area contributed by atoms with Gasteiger partial charge >= 0.3 is 0 Å². The van der Waals surface area contributed by atoms with Crippen LogP contribution in [0, 0.1) is 0 Å². The van der Waals surface area contributed by atoms with E-state index in [-0.39, 0.29) is 6.10 Å². The van der Waals surface area contributed by atoms with Gasteiger partial charge in [0.1, 0.15) is 11.9 Å². The Morgan fingerprint density at radius 3 is 2.91 bits per heavy atom. The van der Waals surface area contributed by atoms with Crippen LogP contribution in [0.25, 0.3) is 10.9 Å². The molecule has 1 N–H and O–H groups in total. The molecule has 1 aliphatic heterocycles. The van der Waals surface area contributed by atoms with Crippen LogP contribution in [0.4, 0.5) is 0 Å². The zero-order valence-electron chi connectivity index (χ0n) is 17.7. The fourth-order valence-corrected chi connectivity index (χ4v) is 4.17. The molecule has 5 rings (SSSR count). The number of benzene rings is 2. The number of ether oxygens (including phenoxy) is 2. The average molecular weight is 449 g/mol. The highest BCUT2D eigenvalue weighted by Gasteiger charge is 2.24. The first kappa shape index (κ1) is 20.9. The van der Waals surface area contributed by atoms with Crippen LogP contribution in [0.5, 0.6) is 5.75 Å². The van der Waals surface area contributed by atoms with Crippen molar-refractivity contribution in [2.75, 3.05) is 26.3 Å². The van der Waals surface area contributed by atoms with Crippen molar-refractivity contribution in [3.8, 4) is 5.75 Å². The lowest BCUT2D eigenvalue weighted by Gasteiger charge is -2.32. The number of morpholine rings is 1. The summed E-state index contributed by atoms with van der Waals surface area (Å²) in [7, 11) is 0. The van der Waals surface area contributed by atoms with Gasteiger partial charge in [-0.2, -0.15) is 5.10 Å². The molecule has 32 heavy (non-hydrogen) atoms. The minimum absolute atomic E-state index is 0.0426. The van der Waals surface area contributed by atoms with Gasteiger partial charge in [0.05, 0.1) is 24.4 Å². The van der Waals surface area contributed by atoms with E-state index in [0.717, 1.165) is 48.7 Å². The number of halogens is 1. The third-order valence-electron chi connectivity index (χ3n) is 5.72. The molecule has 7 heteroatoms. The number of hydrogen-bond donors (Lipinski definition) is 1. The zero-order chi connectivity index (χ0) is 21.8. The lowest BCUT2D eigenvalue weighted by Crippen LogP contribution is -2.38. The minimum Gasteiger partial charge on any atom is -0.493 e. The fourth-order valence-electron chi connectivity index (χ4n) is 4.04. The summed E-state index contributed by atoms with van der Waals surface area (Å²) in [5.74, 6) is 0.809. The lowest BCUT2D eigenvalue weighted by molar-refractivity contribution is -0.0348. The molecule has 0 spiro atoms. The van der Waals surface area contributed by atoms with Gasteiger partial charge in [-0.25, -0.2) is 0 Å². The van der Waals surface area contributed by atoms with Crippen LogP contribution in [-0.4, -0.2) is 46.4 Å². The molecule has 1 saturated heterocycles. The summed E-state index contributed by atoms with van der Waals surface area (Å²) >= 11 is 5.91. The highest BCUT2D eigenvalue weighted by Crippen LogP contribution is 2.25. The molecular weight excluding hydrogens is 424 g/mol. The van der Waals surface area contributed by atoms with Crippen LogP contribution in [0.2, 0.25) is 5.02 Å². The van der Waals surface area contributed by atoms with Crippen LogP contribution in [0.3, 0.4) is 0 Å². The number of fused-ring (bicyclic) bond motifs is 1. The highest BCUT2D eigenvalue weighted by atomic mass is 35.5. The number of nitrogens with zero attached hydrogens (tertiary/aromatic N) is 3. The van der Waals surface area contributed by atoms with Gasteiger partial charge in [0.15, 0.2) is 0 Å². The maximum Gasteiger partial charge on any atom is 0.119 e. The maximum atomic E-state index is 6.04. The summed E-state index contributed by atoms with van der Waals surface area (Å²) in [5.41, 5.74) is 4.30. The molecule has 2 aromatic carbocycles. The van der Waals surface area contributed by atoms with E-state index in [1.54, 1.807) is 0 Å². The first-order chi connectivity index (χ1) is 15.7. The largest absolute Gasteiger partial charge is 0.493 e. The molecule has 2 aromatic heterocycles. The van der Waals surface area contributed by atoms with E-state index < -0.39 is 0 Å². The number of hydrogen-bond acceptors (Lipinski definition) is 5. The molecule has 0 saturated carbocycles. The normalized spacial score (nSPS) is 17.0. The zero-order valence-corrected chi connectivity index (χ0v) is 18.5. The topological polar surface area (TPSA) is 63.3 Å². The molecule has 0 amide bonds. The highest BCUT2D eigenvalue weighted by molar-refractivity contribution is 6.30. The van der Waals surface area contributed by atoms with Crippen LogP contribution < -0.4 is 4.74 Å². The Bertz CT molecular complexity index is 1170. The quantitative estimate of drug-likeness (QED) is 0.439. The van der Waals surface area contributed by atoms with Gasteiger partial charge in [-0.3, -0.25) is 15.0 Å². The Kier molecular flexibility index (Phi) is 6.34. The molecule has 6 nitrogen and oxygen atoms in total. The molecular formula is C25H25ClN4O2. The van der Waals surface area contributed by atoms with Gasteiger partial charge in [-0.05, 0) is 48.0 Å². The van der Waals surface area contributed by atoms with E-state index in [9.17, 15) is 0 Å². The van der Waals surface area contributed by atoms with E-state index in [4.69, 9.17) is 21.1 Å². The van der Waals surface area contributed by atoms with E-state index in [0.29, 0.717) is 18.2 Å². The number of para-hydroxylation sites is 1. The van der Waals surface area contributed by atoms with Gasteiger partial charge in [-0.15, -0.1) is 0 Å².